The van der Waals surface area contributed by atoms with Crippen molar-refractivity contribution < 1.29 is 32.6 Å². The number of pyridine rings is 3. The zero-order chi connectivity index (χ0) is 26.6. The summed E-state index contributed by atoms with van der Waals surface area (Å²) in [7, 11) is 0. The zero-order valence-electron chi connectivity index (χ0n) is 18.9. The summed E-state index contributed by atoms with van der Waals surface area (Å²) >= 11 is 6.18. The highest BCUT2D eigenvalue weighted by molar-refractivity contribution is 6.32. The number of carbonyl (C=O) groups is 1. The van der Waals surface area contributed by atoms with Crippen molar-refractivity contribution in [2.75, 3.05) is 18.0 Å². The molecule has 1 aliphatic heterocycles. The molecule has 14 heteroatoms. The highest BCUT2D eigenvalue weighted by Crippen LogP contribution is 2.40. The van der Waals surface area contributed by atoms with E-state index in [-0.39, 0.29) is 40.8 Å². The lowest BCUT2D eigenvalue weighted by Crippen LogP contribution is -2.48. The molecule has 9 nitrogen and oxygen atoms in total. The molecule has 3 aromatic heterocycles. The maximum absolute atomic E-state index is 13.7. The first-order valence-corrected chi connectivity index (χ1v) is 11.7. The number of hydrogen-bond acceptors (Lipinski definition) is 7. The van der Waals surface area contributed by atoms with Crippen LogP contribution in [0, 0.1) is 11.7 Å². The molecule has 0 spiro atoms. The van der Waals surface area contributed by atoms with E-state index in [0.29, 0.717) is 12.8 Å². The number of nitrogens with one attached hydrogen (secondary N) is 1. The van der Waals surface area contributed by atoms with Crippen LogP contribution in [-0.2, 0) is 0 Å². The molecule has 0 bridgehead atoms. The van der Waals surface area contributed by atoms with Gasteiger partial charge in [-0.2, -0.15) is 13.2 Å². The van der Waals surface area contributed by atoms with Gasteiger partial charge in [-0.05, 0) is 37.0 Å². The molecule has 1 aliphatic carbocycles. The number of alkyl halides is 3. The van der Waals surface area contributed by atoms with Crippen LogP contribution >= 0.6 is 11.6 Å². The summed E-state index contributed by atoms with van der Waals surface area (Å²) in [4.78, 5) is 36.1. The van der Waals surface area contributed by atoms with Crippen LogP contribution in [0.4, 0.5) is 23.4 Å². The fourth-order valence-electron chi connectivity index (χ4n) is 4.35. The maximum atomic E-state index is 13.7. The number of nitrogens with zero attached hydrogens (tertiary/aromatic N) is 4. The lowest BCUT2D eigenvalue weighted by Gasteiger charge is -2.22. The van der Waals surface area contributed by atoms with Gasteiger partial charge in [-0.3, -0.25) is 14.2 Å². The Hall–Kier alpha value is -3.29. The number of aromatic nitrogens is 3. The number of β-amino-alcohol motifs (C(OH)–C–C–N with tert-alkyl or cyclic N) is 2. The number of hydrogen-bond donors (Lipinski definition) is 3. The first-order chi connectivity index (χ1) is 17.4. The van der Waals surface area contributed by atoms with Crippen LogP contribution < -0.4 is 15.6 Å². The Bertz CT molecular complexity index is 1440. The number of fused-ring (bicyclic) bond motifs is 1. The molecular weight excluding hydrogens is 522 g/mol. The van der Waals surface area contributed by atoms with E-state index in [1.165, 1.54) is 12.1 Å². The Morgan fingerprint density at radius 3 is 2.46 bits per heavy atom. The van der Waals surface area contributed by atoms with E-state index in [9.17, 15) is 37.4 Å². The molecule has 196 valence electrons. The number of amides is 1. The summed E-state index contributed by atoms with van der Waals surface area (Å²) in [5, 5.41) is 21.4. The van der Waals surface area contributed by atoms with E-state index in [4.69, 9.17) is 11.6 Å². The quantitative estimate of drug-likeness (QED) is 0.423. The van der Waals surface area contributed by atoms with Gasteiger partial charge in [0.15, 0.2) is 11.5 Å². The summed E-state index contributed by atoms with van der Waals surface area (Å²) in [5.74, 6) is -2.62. The third-order valence-electron chi connectivity index (χ3n) is 6.41. The number of carbonyl (C=O) groups excluding carboxylic acids is 1. The second kappa shape index (κ2) is 9.23. The summed E-state index contributed by atoms with van der Waals surface area (Å²) in [5.41, 5.74) is -1.55. The van der Waals surface area contributed by atoms with Gasteiger partial charge in [-0.15, -0.1) is 0 Å². The van der Waals surface area contributed by atoms with Gasteiger partial charge < -0.3 is 20.4 Å². The average molecular weight is 542 g/mol. The third-order valence-corrected chi connectivity index (χ3v) is 6.69. The first-order valence-electron chi connectivity index (χ1n) is 11.3. The minimum absolute atomic E-state index is 0.0555. The van der Waals surface area contributed by atoms with Crippen molar-refractivity contribution in [3.63, 3.8) is 0 Å². The van der Waals surface area contributed by atoms with Gasteiger partial charge in [0.1, 0.15) is 23.2 Å². The van der Waals surface area contributed by atoms with Gasteiger partial charge in [0.2, 0.25) is 5.43 Å². The van der Waals surface area contributed by atoms with E-state index in [1.54, 1.807) is 4.90 Å². The summed E-state index contributed by atoms with van der Waals surface area (Å²) < 4.78 is 55.3. The predicted molar refractivity (Wildman–Crippen MR) is 124 cm³/mol. The van der Waals surface area contributed by atoms with Crippen molar-refractivity contribution in [1.82, 2.24) is 19.9 Å². The van der Waals surface area contributed by atoms with Crippen molar-refractivity contribution in [3.8, 4) is 5.82 Å². The molecule has 1 amide bonds. The Balaban J connectivity index is 1.65. The summed E-state index contributed by atoms with van der Waals surface area (Å²) in [6.07, 6.45) is -4.33. The standard InChI is InChI=1S/C23H20ClF4N5O4/c24-14-5-11(25)6-29-21(14)33-7-13(22(37)31-19(10-1-2-10)23(26,27)28)18(36)12-3-4-17(30-20(12)33)32-8-15(34)16(35)9-32/h3-7,10,15-16,19,34-35H,1-2,8-9H2,(H,31,37)/t15-,16+,19?. The lowest BCUT2D eigenvalue weighted by atomic mass is 10.1. The van der Waals surface area contributed by atoms with E-state index in [2.05, 4.69) is 9.97 Å². The van der Waals surface area contributed by atoms with Gasteiger partial charge >= 0.3 is 6.18 Å². The van der Waals surface area contributed by atoms with E-state index < -0.39 is 53.1 Å². The fraction of sp³-hybridized carbons (Fsp3) is 0.391. The lowest BCUT2D eigenvalue weighted by molar-refractivity contribution is -0.158. The van der Waals surface area contributed by atoms with Crippen molar-refractivity contribution in [2.24, 2.45) is 5.92 Å². The predicted octanol–water partition coefficient (Wildman–Crippen LogP) is 2.19. The molecule has 2 aliphatic rings. The van der Waals surface area contributed by atoms with Crippen molar-refractivity contribution in [3.05, 3.63) is 57.2 Å². The molecule has 1 saturated heterocycles. The molecule has 3 N–H and O–H groups in total. The third kappa shape index (κ3) is 4.86. The van der Waals surface area contributed by atoms with Gasteiger partial charge in [0.05, 0.1) is 28.8 Å². The van der Waals surface area contributed by atoms with Gasteiger partial charge in [0.25, 0.3) is 5.91 Å². The van der Waals surface area contributed by atoms with E-state index in [1.807, 2.05) is 5.32 Å². The monoisotopic (exact) mass is 541 g/mol. The number of aliphatic hydroxyl groups is 2. The van der Waals surface area contributed by atoms with Gasteiger partial charge in [0, 0.05) is 19.3 Å². The number of halogens is 5. The van der Waals surface area contributed by atoms with Crippen LogP contribution in [0.25, 0.3) is 16.9 Å². The smallest absolute Gasteiger partial charge is 0.389 e. The Labute approximate surface area is 211 Å². The molecule has 5 rings (SSSR count). The first kappa shape index (κ1) is 25.4. The molecule has 37 heavy (non-hydrogen) atoms. The second-order valence-corrected chi connectivity index (χ2v) is 9.52. The molecule has 2 fully saturated rings. The topological polar surface area (TPSA) is 121 Å². The number of rotatable bonds is 5. The summed E-state index contributed by atoms with van der Waals surface area (Å²) in [6.45, 7) is 0.111. The van der Waals surface area contributed by atoms with Crippen LogP contribution in [0.15, 0.2) is 35.4 Å². The van der Waals surface area contributed by atoms with Crippen molar-refractivity contribution in [1.29, 1.82) is 0 Å². The van der Waals surface area contributed by atoms with Crippen LogP contribution in [0.3, 0.4) is 0 Å². The Morgan fingerprint density at radius 1 is 1.19 bits per heavy atom. The molecule has 0 aromatic carbocycles. The number of aliphatic hydroxyl groups excluding tert-OH is 2. The Morgan fingerprint density at radius 2 is 1.86 bits per heavy atom. The largest absolute Gasteiger partial charge is 0.408 e. The van der Waals surface area contributed by atoms with E-state index >= 15 is 0 Å². The van der Waals surface area contributed by atoms with Gasteiger partial charge in [-0.1, -0.05) is 11.6 Å². The summed E-state index contributed by atoms with van der Waals surface area (Å²) in [6, 6.07) is 1.58. The molecule has 1 unspecified atom stereocenters. The van der Waals surface area contributed by atoms with Crippen LogP contribution in [0.2, 0.25) is 5.02 Å². The fourth-order valence-corrected chi connectivity index (χ4v) is 4.59. The Kier molecular flexibility index (Phi) is 6.32. The normalized spacial score (nSPS) is 20.9. The van der Waals surface area contributed by atoms with Crippen LogP contribution in [0.5, 0.6) is 0 Å². The van der Waals surface area contributed by atoms with Crippen LogP contribution in [0.1, 0.15) is 23.2 Å². The molecule has 3 aromatic rings. The molecule has 4 heterocycles. The minimum atomic E-state index is -4.70. The highest BCUT2D eigenvalue weighted by Gasteiger charge is 2.50. The molecular formula is C23H20ClF4N5O4. The molecule has 0 radical (unpaired) electrons. The van der Waals surface area contributed by atoms with Crippen molar-refractivity contribution in [2.45, 2.75) is 37.3 Å². The molecule has 3 atom stereocenters. The minimum Gasteiger partial charge on any atom is -0.389 e. The van der Waals surface area contributed by atoms with Crippen molar-refractivity contribution >= 4 is 34.4 Å². The number of anilines is 1. The SMILES string of the molecule is O=C(NC(C1CC1)C(F)(F)F)c1cn(-c2ncc(F)cc2Cl)c2nc(N3C[C@@H](O)[C@@H](O)C3)ccc2c1=O. The van der Waals surface area contributed by atoms with Crippen LogP contribution in [-0.4, -0.2) is 68.2 Å². The zero-order valence-corrected chi connectivity index (χ0v) is 19.7. The highest BCUT2D eigenvalue weighted by atomic mass is 35.5. The second-order valence-electron chi connectivity index (χ2n) is 9.11. The molecule has 1 saturated carbocycles. The van der Waals surface area contributed by atoms with Gasteiger partial charge in [-0.25, -0.2) is 14.4 Å². The maximum Gasteiger partial charge on any atom is 0.408 e. The van der Waals surface area contributed by atoms with E-state index in [0.717, 1.165) is 23.0 Å². The average Bonchev–Trinajstić information content (AvgIpc) is 3.61.